The second kappa shape index (κ2) is 7.35. The minimum absolute atomic E-state index is 0.0220. The molecule has 7 nitrogen and oxygen atoms in total. The topological polar surface area (TPSA) is 98.7 Å². The molecule has 156 valence electrons. The number of anilines is 1. The van der Waals surface area contributed by atoms with Crippen LogP contribution in [0.25, 0.3) is 28.2 Å². The number of amides is 1. The van der Waals surface area contributed by atoms with Gasteiger partial charge < -0.3 is 11.1 Å². The summed E-state index contributed by atoms with van der Waals surface area (Å²) in [6.45, 7) is 3.51. The third-order valence-corrected chi connectivity index (χ3v) is 5.89. The molecule has 31 heavy (non-hydrogen) atoms. The van der Waals surface area contributed by atoms with E-state index in [0.717, 1.165) is 40.7 Å². The molecule has 5 rings (SSSR count). The third-order valence-electron chi connectivity index (χ3n) is 5.69. The number of carbonyl (C=O) groups is 1. The SMILES string of the molecule is CC(=O)N[C@H]1CCc2cc(-n3c(-c4cccnc4N)nc4c(C)cc(Cl)nc43)ccc21. The van der Waals surface area contributed by atoms with E-state index in [0.29, 0.717) is 22.4 Å². The molecule has 1 aromatic carbocycles. The number of fused-ring (bicyclic) bond motifs is 2. The Morgan fingerprint density at radius 2 is 2.10 bits per heavy atom. The Labute approximate surface area is 184 Å². The lowest BCUT2D eigenvalue weighted by Crippen LogP contribution is -2.24. The monoisotopic (exact) mass is 432 g/mol. The number of rotatable bonds is 3. The Morgan fingerprint density at radius 1 is 1.26 bits per heavy atom. The molecule has 8 heteroatoms. The lowest BCUT2D eigenvalue weighted by atomic mass is 10.1. The fraction of sp³-hybridized carbons (Fsp3) is 0.217. The second-order valence-corrected chi connectivity index (χ2v) is 8.20. The Hall–Kier alpha value is -3.45. The highest BCUT2D eigenvalue weighted by Crippen LogP contribution is 2.36. The van der Waals surface area contributed by atoms with Crippen LogP contribution >= 0.6 is 11.6 Å². The van der Waals surface area contributed by atoms with Crippen LogP contribution in [0.4, 0.5) is 5.82 Å². The van der Waals surface area contributed by atoms with Crippen LogP contribution in [0.2, 0.25) is 5.15 Å². The number of aryl methyl sites for hydroxylation is 2. The van der Waals surface area contributed by atoms with Gasteiger partial charge in [0, 0.05) is 18.8 Å². The predicted molar refractivity (Wildman–Crippen MR) is 121 cm³/mol. The normalized spacial score (nSPS) is 15.3. The summed E-state index contributed by atoms with van der Waals surface area (Å²) < 4.78 is 1.98. The number of hydrogen-bond acceptors (Lipinski definition) is 5. The predicted octanol–water partition coefficient (Wildman–Crippen LogP) is 4.15. The molecule has 0 saturated heterocycles. The number of pyridine rings is 2. The second-order valence-electron chi connectivity index (χ2n) is 7.82. The van der Waals surface area contributed by atoms with Crippen molar-refractivity contribution in [3.63, 3.8) is 0 Å². The van der Waals surface area contributed by atoms with Gasteiger partial charge in [-0.1, -0.05) is 17.7 Å². The van der Waals surface area contributed by atoms with Crippen molar-refractivity contribution in [1.82, 2.24) is 24.8 Å². The first-order valence-corrected chi connectivity index (χ1v) is 10.5. The van der Waals surface area contributed by atoms with Crippen LogP contribution in [-0.4, -0.2) is 25.4 Å². The number of nitrogens with zero attached hydrogens (tertiary/aromatic N) is 4. The molecule has 3 N–H and O–H groups in total. The molecule has 3 heterocycles. The first-order valence-electron chi connectivity index (χ1n) is 10.1. The molecular weight excluding hydrogens is 412 g/mol. The van der Waals surface area contributed by atoms with E-state index in [9.17, 15) is 4.79 Å². The molecule has 0 saturated carbocycles. The van der Waals surface area contributed by atoms with Gasteiger partial charge >= 0.3 is 0 Å². The average Bonchev–Trinajstić information content (AvgIpc) is 3.29. The third kappa shape index (κ3) is 3.31. The summed E-state index contributed by atoms with van der Waals surface area (Å²) >= 11 is 6.30. The minimum atomic E-state index is -0.0220. The van der Waals surface area contributed by atoms with Gasteiger partial charge in [0.15, 0.2) is 11.5 Å². The molecule has 3 aromatic heterocycles. The average molecular weight is 433 g/mol. The van der Waals surface area contributed by atoms with E-state index in [1.165, 1.54) is 5.56 Å². The molecule has 0 spiro atoms. The van der Waals surface area contributed by atoms with Crippen molar-refractivity contribution in [2.75, 3.05) is 5.73 Å². The van der Waals surface area contributed by atoms with Crippen LogP contribution in [0.15, 0.2) is 42.6 Å². The quantitative estimate of drug-likeness (QED) is 0.474. The highest BCUT2D eigenvalue weighted by Gasteiger charge is 2.25. The highest BCUT2D eigenvalue weighted by atomic mass is 35.5. The van der Waals surface area contributed by atoms with Gasteiger partial charge in [0.25, 0.3) is 0 Å². The van der Waals surface area contributed by atoms with E-state index in [-0.39, 0.29) is 11.9 Å². The molecule has 1 aliphatic rings. The largest absolute Gasteiger partial charge is 0.383 e. The van der Waals surface area contributed by atoms with Crippen molar-refractivity contribution in [3.8, 4) is 17.1 Å². The Kier molecular flexibility index (Phi) is 4.63. The zero-order valence-electron chi connectivity index (χ0n) is 17.2. The number of nitrogens with two attached hydrogens (primary N) is 1. The first-order chi connectivity index (χ1) is 14.9. The zero-order chi connectivity index (χ0) is 21.7. The lowest BCUT2D eigenvalue weighted by Gasteiger charge is -2.14. The number of aromatic nitrogens is 4. The van der Waals surface area contributed by atoms with Crippen LogP contribution in [0.1, 0.15) is 36.1 Å². The molecule has 0 aliphatic heterocycles. The maximum atomic E-state index is 11.5. The van der Waals surface area contributed by atoms with E-state index < -0.39 is 0 Å². The van der Waals surface area contributed by atoms with Crippen molar-refractivity contribution < 1.29 is 4.79 Å². The number of hydrogen-bond donors (Lipinski definition) is 2. The van der Waals surface area contributed by atoms with Gasteiger partial charge in [0.1, 0.15) is 16.5 Å². The number of imidazole rings is 1. The summed E-state index contributed by atoms with van der Waals surface area (Å²) in [4.78, 5) is 25.2. The lowest BCUT2D eigenvalue weighted by molar-refractivity contribution is -0.119. The van der Waals surface area contributed by atoms with Gasteiger partial charge in [-0.2, -0.15) is 0 Å². The van der Waals surface area contributed by atoms with Crippen LogP contribution in [0.3, 0.4) is 0 Å². The molecule has 0 radical (unpaired) electrons. The molecule has 0 unspecified atom stereocenters. The van der Waals surface area contributed by atoms with Crippen LogP contribution in [-0.2, 0) is 11.2 Å². The van der Waals surface area contributed by atoms with Crippen LogP contribution in [0, 0.1) is 6.92 Å². The number of halogens is 1. The summed E-state index contributed by atoms with van der Waals surface area (Å²) in [7, 11) is 0. The molecule has 1 atom stereocenters. The smallest absolute Gasteiger partial charge is 0.217 e. The van der Waals surface area contributed by atoms with Gasteiger partial charge in [0.2, 0.25) is 5.91 Å². The summed E-state index contributed by atoms with van der Waals surface area (Å²) in [5, 5.41) is 3.43. The molecular formula is C23H21ClN6O. The number of carbonyl (C=O) groups excluding carboxylic acids is 1. The summed E-state index contributed by atoms with van der Waals surface area (Å²) in [6, 6.07) is 11.8. The van der Waals surface area contributed by atoms with Crippen molar-refractivity contribution >= 4 is 34.5 Å². The van der Waals surface area contributed by atoms with Crippen LogP contribution in [0.5, 0.6) is 0 Å². The summed E-state index contributed by atoms with van der Waals surface area (Å²) in [5.41, 5.74) is 12.5. The van der Waals surface area contributed by atoms with Crippen molar-refractivity contribution in [1.29, 1.82) is 0 Å². The molecule has 4 aromatic rings. The van der Waals surface area contributed by atoms with E-state index in [1.807, 2.05) is 29.7 Å². The summed E-state index contributed by atoms with van der Waals surface area (Å²) in [5.74, 6) is 1.04. The first kappa shape index (κ1) is 19.5. The van der Waals surface area contributed by atoms with Gasteiger partial charge in [-0.3, -0.25) is 9.36 Å². The van der Waals surface area contributed by atoms with E-state index in [2.05, 4.69) is 27.4 Å². The van der Waals surface area contributed by atoms with Crippen molar-refractivity contribution in [3.05, 3.63) is 64.4 Å². The van der Waals surface area contributed by atoms with Gasteiger partial charge in [-0.25, -0.2) is 15.0 Å². The van der Waals surface area contributed by atoms with Crippen molar-refractivity contribution in [2.24, 2.45) is 0 Å². The van der Waals surface area contributed by atoms with E-state index >= 15 is 0 Å². The van der Waals surface area contributed by atoms with Crippen LogP contribution < -0.4 is 11.1 Å². The molecule has 1 amide bonds. The molecule has 0 bridgehead atoms. The zero-order valence-corrected chi connectivity index (χ0v) is 17.9. The van der Waals surface area contributed by atoms with Crippen molar-refractivity contribution in [2.45, 2.75) is 32.7 Å². The Morgan fingerprint density at radius 3 is 2.87 bits per heavy atom. The maximum absolute atomic E-state index is 11.5. The number of benzene rings is 1. The Bertz CT molecular complexity index is 1350. The minimum Gasteiger partial charge on any atom is -0.383 e. The number of nitrogen functional groups attached to an aromatic ring is 1. The summed E-state index contributed by atoms with van der Waals surface area (Å²) in [6.07, 6.45) is 3.43. The standard InChI is InChI=1S/C23H21ClN6O/c1-12-10-19(24)28-23-20(12)29-22(17-4-3-9-26-21(17)25)30(23)15-6-7-16-14(11-15)5-8-18(16)27-13(2)31/h3-4,6-7,9-11,18H,5,8H2,1-2H3,(H2,25,26)(H,27,31)/t18-/m0/s1. The van der Waals surface area contributed by atoms with E-state index in [1.54, 1.807) is 19.2 Å². The van der Waals surface area contributed by atoms with E-state index in [4.69, 9.17) is 22.3 Å². The fourth-order valence-corrected chi connectivity index (χ4v) is 4.57. The molecule has 0 fully saturated rings. The maximum Gasteiger partial charge on any atom is 0.217 e. The molecule has 1 aliphatic carbocycles. The Balaban J connectivity index is 1.74. The number of nitrogens with one attached hydrogen (secondary N) is 1. The fourth-order valence-electron chi connectivity index (χ4n) is 4.33. The van der Waals surface area contributed by atoms with Gasteiger partial charge in [-0.05, 0) is 66.8 Å². The highest BCUT2D eigenvalue weighted by molar-refractivity contribution is 6.29. The van der Waals surface area contributed by atoms with Gasteiger partial charge in [0.05, 0.1) is 11.6 Å². The van der Waals surface area contributed by atoms with Gasteiger partial charge in [-0.15, -0.1) is 0 Å².